The van der Waals surface area contributed by atoms with Gasteiger partial charge in [-0.05, 0) is 52.5 Å². The highest BCUT2D eigenvalue weighted by atomic mass is 32.2. The van der Waals surface area contributed by atoms with Gasteiger partial charge in [-0.3, -0.25) is 4.79 Å². The Morgan fingerprint density at radius 2 is 1.90 bits per heavy atom. The second-order valence-electron chi connectivity index (χ2n) is 6.93. The largest absolute Gasteiger partial charge is 0.459 e. The summed E-state index contributed by atoms with van der Waals surface area (Å²) in [6.07, 6.45) is 2.49. The van der Waals surface area contributed by atoms with Gasteiger partial charge in [0.15, 0.2) is 9.84 Å². The number of sulfone groups is 1. The normalized spacial score (nSPS) is 26.8. The van der Waals surface area contributed by atoms with Crippen LogP contribution < -0.4 is 5.32 Å². The highest BCUT2D eigenvalue weighted by Crippen LogP contribution is 2.32. The molecule has 0 aromatic rings. The predicted molar refractivity (Wildman–Crippen MR) is 83.9 cm³/mol. The Hall–Kier alpha value is -0.620. The summed E-state index contributed by atoms with van der Waals surface area (Å²) in [6.45, 7) is 10.1. The van der Waals surface area contributed by atoms with Crippen molar-refractivity contribution in [3.8, 4) is 0 Å². The van der Waals surface area contributed by atoms with Gasteiger partial charge >= 0.3 is 5.97 Å². The van der Waals surface area contributed by atoms with E-state index < -0.39 is 32.4 Å². The summed E-state index contributed by atoms with van der Waals surface area (Å²) in [7, 11) is -3.45. The molecular formula is C15H29NO4S. The summed E-state index contributed by atoms with van der Waals surface area (Å²) in [5.41, 5.74) is -0.654. The maximum atomic E-state index is 12.4. The molecule has 5 nitrogen and oxygen atoms in total. The molecule has 0 amide bonds. The van der Waals surface area contributed by atoms with Crippen LogP contribution in [-0.4, -0.2) is 43.6 Å². The van der Waals surface area contributed by atoms with E-state index in [1.54, 1.807) is 20.8 Å². The third-order valence-corrected chi connectivity index (χ3v) is 6.07. The summed E-state index contributed by atoms with van der Waals surface area (Å²) in [5.74, 6) is -1.14. The molecule has 1 aliphatic carbocycles. The second-order valence-corrected chi connectivity index (χ2v) is 9.15. The third kappa shape index (κ3) is 5.58. The summed E-state index contributed by atoms with van der Waals surface area (Å²) >= 11 is 0. The van der Waals surface area contributed by atoms with Crippen molar-refractivity contribution >= 4 is 15.8 Å². The van der Waals surface area contributed by atoms with Crippen LogP contribution in [0.2, 0.25) is 0 Å². The number of ether oxygens (including phenoxy) is 1. The van der Waals surface area contributed by atoms with Crippen molar-refractivity contribution in [3.63, 3.8) is 0 Å². The first-order valence-corrected chi connectivity index (χ1v) is 9.45. The molecule has 0 aromatic carbocycles. The van der Waals surface area contributed by atoms with Gasteiger partial charge in [-0.1, -0.05) is 13.8 Å². The molecule has 3 unspecified atom stereocenters. The van der Waals surface area contributed by atoms with E-state index in [2.05, 4.69) is 12.2 Å². The Bertz CT molecular complexity index is 453. The van der Waals surface area contributed by atoms with Crippen molar-refractivity contribution in [1.29, 1.82) is 0 Å². The minimum Gasteiger partial charge on any atom is -0.459 e. The first-order valence-electron chi connectivity index (χ1n) is 7.73. The van der Waals surface area contributed by atoms with Gasteiger partial charge in [0.25, 0.3) is 0 Å². The number of rotatable bonds is 6. The van der Waals surface area contributed by atoms with Gasteiger partial charge < -0.3 is 10.1 Å². The van der Waals surface area contributed by atoms with Gasteiger partial charge in [-0.25, -0.2) is 8.42 Å². The number of carbonyl (C=O) groups is 1. The second kappa shape index (κ2) is 7.09. The fourth-order valence-corrected chi connectivity index (χ4v) is 4.84. The van der Waals surface area contributed by atoms with Crippen LogP contribution in [-0.2, 0) is 19.4 Å². The molecule has 124 valence electrons. The summed E-state index contributed by atoms with van der Waals surface area (Å²) in [6, 6.07) is 0.225. The van der Waals surface area contributed by atoms with Crippen LogP contribution in [0.5, 0.6) is 0 Å². The quantitative estimate of drug-likeness (QED) is 0.757. The lowest BCUT2D eigenvalue weighted by Crippen LogP contribution is -2.39. The number of nitrogens with one attached hydrogen (secondary N) is 1. The summed E-state index contributed by atoms with van der Waals surface area (Å²) in [4.78, 5) is 11.8. The molecule has 0 radical (unpaired) electrons. The van der Waals surface area contributed by atoms with Crippen molar-refractivity contribution in [1.82, 2.24) is 5.32 Å². The SMILES string of the molecule is CCCNC1CCC(S(=O)(=O)CC(=O)OC(C)(C)C)C1C. The minimum absolute atomic E-state index is 0.0315. The van der Waals surface area contributed by atoms with E-state index in [0.717, 1.165) is 19.4 Å². The maximum absolute atomic E-state index is 12.4. The van der Waals surface area contributed by atoms with E-state index in [1.165, 1.54) is 0 Å². The van der Waals surface area contributed by atoms with Crippen LogP contribution in [0.15, 0.2) is 0 Å². The molecule has 1 rings (SSSR count). The molecule has 0 aromatic heterocycles. The van der Waals surface area contributed by atoms with E-state index in [-0.39, 0.29) is 12.0 Å². The molecule has 0 heterocycles. The van der Waals surface area contributed by atoms with E-state index in [4.69, 9.17) is 4.74 Å². The molecule has 0 spiro atoms. The molecule has 1 saturated carbocycles. The average Bonchev–Trinajstić information content (AvgIpc) is 2.65. The zero-order valence-electron chi connectivity index (χ0n) is 13.8. The number of hydrogen-bond acceptors (Lipinski definition) is 5. The molecule has 0 bridgehead atoms. The standard InChI is InChI=1S/C15H29NO4S/c1-6-9-16-12-7-8-13(11(12)2)21(18,19)10-14(17)20-15(3,4)5/h11-13,16H,6-10H2,1-5H3. The first kappa shape index (κ1) is 18.4. The molecular weight excluding hydrogens is 290 g/mol. The average molecular weight is 319 g/mol. The van der Waals surface area contributed by atoms with Crippen LogP contribution in [0.4, 0.5) is 0 Å². The smallest absolute Gasteiger partial charge is 0.321 e. The first-order chi connectivity index (χ1) is 9.57. The van der Waals surface area contributed by atoms with Gasteiger partial charge in [-0.2, -0.15) is 0 Å². The minimum atomic E-state index is -3.45. The Morgan fingerprint density at radius 3 is 2.43 bits per heavy atom. The Kier molecular flexibility index (Phi) is 6.23. The molecule has 1 N–H and O–H groups in total. The lowest BCUT2D eigenvalue weighted by atomic mass is 10.1. The third-order valence-electron chi connectivity index (χ3n) is 3.84. The van der Waals surface area contributed by atoms with E-state index in [9.17, 15) is 13.2 Å². The van der Waals surface area contributed by atoms with Gasteiger partial charge in [0.1, 0.15) is 11.4 Å². The predicted octanol–water partition coefficient (Wildman–Crippen LogP) is 1.91. The zero-order valence-corrected chi connectivity index (χ0v) is 14.6. The van der Waals surface area contributed by atoms with Gasteiger partial charge in [0, 0.05) is 6.04 Å². The molecule has 6 heteroatoms. The molecule has 0 saturated heterocycles. The topological polar surface area (TPSA) is 72.5 Å². The monoisotopic (exact) mass is 319 g/mol. The van der Waals surface area contributed by atoms with E-state index in [1.807, 2.05) is 6.92 Å². The molecule has 3 atom stereocenters. The Balaban J connectivity index is 2.65. The number of hydrogen-bond donors (Lipinski definition) is 1. The fraction of sp³-hybridized carbons (Fsp3) is 0.933. The fourth-order valence-electron chi connectivity index (χ4n) is 2.90. The van der Waals surface area contributed by atoms with E-state index in [0.29, 0.717) is 6.42 Å². The van der Waals surface area contributed by atoms with Crippen LogP contribution >= 0.6 is 0 Å². The molecule has 1 fully saturated rings. The van der Waals surface area contributed by atoms with Crippen LogP contribution in [0.1, 0.15) is 53.9 Å². The van der Waals surface area contributed by atoms with Gasteiger partial charge in [0.2, 0.25) is 0 Å². The molecule has 21 heavy (non-hydrogen) atoms. The van der Waals surface area contributed by atoms with Crippen molar-refractivity contribution in [2.45, 2.75) is 70.8 Å². The van der Waals surface area contributed by atoms with Gasteiger partial charge in [-0.15, -0.1) is 0 Å². The van der Waals surface area contributed by atoms with Crippen molar-refractivity contribution in [2.75, 3.05) is 12.3 Å². The number of carbonyl (C=O) groups excluding carboxylic acids is 1. The van der Waals surface area contributed by atoms with Gasteiger partial charge in [0.05, 0.1) is 5.25 Å². The van der Waals surface area contributed by atoms with Crippen molar-refractivity contribution in [3.05, 3.63) is 0 Å². The van der Waals surface area contributed by atoms with Crippen LogP contribution in [0.3, 0.4) is 0 Å². The summed E-state index contributed by atoms with van der Waals surface area (Å²) in [5, 5.41) is 2.95. The van der Waals surface area contributed by atoms with Crippen LogP contribution in [0, 0.1) is 5.92 Å². The highest BCUT2D eigenvalue weighted by molar-refractivity contribution is 7.92. The maximum Gasteiger partial charge on any atom is 0.321 e. The highest BCUT2D eigenvalue weighted by Gasteiger charge is 2.41. The molecule has 1 aliphatic rings. The Morgan fingerprint density at radius 1 is 1.29 bits per heavy atom. The zero-order chi connectivity index (χ0) is 16.3. The molecule has 0 aliphatic heterocycles. The number of esters is 1. The Labute approximate surface area is 128 Å². The lowest BCUT2D eigenvalue weighted by molar-refractivity contribution is -0.151. The van der Waals surface area contributed by atoms with Crippen molar-refractivity contribution < 1.29 is 17.9 Å². The van der Waals surface area contributed by atoms with Crippen molar-refractivity contribution in [2.24, 2.45) is 5.92 Å². The van der Waals surface area contributed by atoms with Crippen LogP contribution in [0.25, 0.3) is 0 Å². The lowest BCUT2D eigenvalue weighted by Gasteiger charge is -2.23. The summed E-state index contributed by atoms with van der Waals surface area (Å²) < 4.78 is 30.0. The van der Waals surface area contributed by atoms with E-state index >= 15 is 0 Å².